The van der Waals surface area contributed by atoms with Gasteiger partial charge in [-0.3, -0.25) is 4.79 Å². The van der Waals surface area contributed by atoms with Gasteiger partial charge in [0.2, 0.25) is 0 Å². The molecule has 0 aliphatic carbocycles. The molecule has 154 valence electrons. The second-order valence-electron chi connectivity index (χ2n) is 7.06. The van der Waals surface area contributed by atoms with Crippen LogP contribution in [0, 0.1) is 0 Å². The zero-order valence-corrected chi connectivity index (χ0v) is 16.9. The molecule has 1 heterocycles. The van der Waals surface area contributed by atoms with Crippen LogP contribution in [0.2, 0.25) is 10.0 Å². The first kappa shape index (κ1) is 20.6. The van der Waals surface area contributed by atoms with Crippen molar-refractivity contribution < 1.29 is 18.0 Å². The summed E-state index contributed by atoms with van der Waals surface area (Å²) in [5.41, 5.74) is -0.123. The number of hydrogen-bond acceptors (Lipinski definition) is 2. The molecule has 0 saturated heterocycles. The fourth-order valence-electron chi connectivity index (χ4n) is 3.66. The highest BCUT2D eigenvalue weighted by Gasteiger charge is 2.47. The van der Waals surface area contributed by atoms with E-state index in [9.17, 15) is 18.0 Å². The van der Waals surface area contributed by atoms with Gasteiger partial charge in [-0.15, -0.1) is 0 Å². The second-order valence-corrected chi connectivity index (χ2v) is 7.93. The number of benzene rings is 3. The van der Waals surface area contributed by atoms with E-state index in [-0.39, 0.29) is 12.1 Å². The van der Waals surface area contributed by atoms with E-state index in [0.717, 1.165) is 17.7 Å². The van der Waals surface area contributed by atoms with Gasteiger partial charge in [0.1, 0.15) is 5.54 Å². The Hall–Kier alpha value is -2.70. The lowest BCUT2D eigenvalue weighted by Crippen LogP contribution is -2.44. The fraction of sp³-hybridized carbons (Fsp3) is 0.136. The number of carbonyl (C=O) groups is 1. The Morgan fingerprint density at radius 2 is 1.67 bits per heavy atom. The Morgan fingerprint density at radius 1 is 0.933 bits per heavy atom. The topological polar surface area (TPSA) is 41.1 Å². The maximum absolute atomic E-state index is 13.2. The third kappa shape index (κ3) is 3.85. The molecule has 1 unspecified atom stereocenters. The van der Waals surface area contributed by atoms with Crippen molar-refractivity contribution in [2.45, 2.75) is 18.1 Å². The first-order valence-corrected chi connectivity index (χ1v) is 9.74. The summed E-state index contributed by atoms with van der Waals surface area (Å²) in [6.07, 6.45) is -4.33. The smallest absolute Gasteiger partial charge is 0.367 e. The Balaban J connectivity index is 1.83. The predicted octanol–water partition coefficient (Wildman–Crippen LogP) is 6.51. The largest absolute Gasteiger partial charge is 0.416 e. The van der Waals surface area contributed by atoms with Crippen LogP contribution in [0.5, 0.6) is 0 Å². The molecule has 0 aromatic heterocycles. The summed E-state index contributed by atoms with van der Waals surface area (Å²) in [5, 5.41) is 6.78. The summed E-state index contributed by atoms with van der Waals surface area (Å²) in [7, 11) is 0. The predicted molar refractivity (Wildman–Crippen MR) is 112 cm³/mol. The van der Waals surface area contributed by atoms with E-state index in [1.165, 1.54) is 12.1 Å². The lowest BCUT2D eigenvalue weighted by Gasteiger charge is -2.30. The molecule has 2 N–H and O–H groups in total. The van der Waals surface area contributed by atoms with Crippen molar-refractivity contribution in [2.24, 2.45) is 0 Å². The zero-order valence-electron chi connectivity index (χ0n) is 15.4. The van der Waals surface area contributed by atoms with Crippen LogP contribution in [-0.2, 0) is 22.9 Å². The molecule has 3 nitrogen and oxygen atoms in total. The van der Waals surface area contributed by atoms with Gasteiger partial charge >= 0.3 is 6.18 Å². The normalized spacial score (nSPS) is 18.1. The standard InChI is InChI=1S/C22H15Cl2F3N2O/c23-15-5-1-3-13(9-15)12-21(18-8-7-16(24)11-19(18)28-20(21)30)29-17-6-2-4-14(10-17)22(25,26)27/h1-11,29H,12H2,(H,28,30). The van der Waals surface area contributed by atoms with Crippen molar-refractivity contribution in [1.29, 1.82) is 0 Å². The van der Waals surface area contributed by atoms with E-state index in [2.05, 4.69) is 10.6 Å². The summed E-state index contributed by atoms with van der Waals surface area (Å²) in [4.78, 5) is 13.2. The molecule has 4 rings (SSSR count). The van der Waals surface area contributed by atoms with Crippen molar-refractivity contribution in [3.05, 3.63) is 93.5 Å². The van der Waals surface area contributed by atoms with Gasteiger partial charge in [0, 0.05) is 33.4 Å². The van der Waals surface area contributed by atoms with Crippen LogP contribution in [-0.4, -0.2) is 5.91 Å². The molecule has 30 heavy (non-hydrogen) atoms. The lowest BCUT2D eigenvalue weighted by molar-refractivity contribution is -0.137. The molecule has 1 amide bonds. The highest BCUT2D eigenvalue weighted by Crippen LogP contribution is 2.43. The molecule has 1 aliphatic heterocycles. The maximum atomic E-state index is 13.2. The van der Waals surface area contributed by atoms with Crippen LogP contribution in [0.25, 0.3) is 0 Å². The monoisotopic (exact) mass is 450 g/mol. The molecule has 8 heteroatoms. The number of nitrogens with one attached hydrogen (secondary N) is 2. The first-order valence-electron chi connectivity index (χ1n) is 8.99. The van der Waals surface area contributed by atoms with Crippen LogP contribution in [0.15, 0.2) is 66.7 Å². The van der Waals surface area contributed by atoms with E-state index in [0.29, 0.717) is 21.3 Å². The third-order valence-corrected chi connectivity index (χ3v) is 5.45. The van der Waals surface area contributed by atoms with Crippen LogP contribution in [0.3, 0.4) is 0 Å². The Kier molecular flexibility index (Phi) is 5.16. The molecule has 1 aliphatic rings. The average Bonchev–Trinajstić information content (AvgIpc) is 2.92. The van der Waals surface area contributed by atoms with Crippen molar-refractivity contribution in [3.8, 4) is 0 Å². The van der Waals surface area contributed by atoms with Crippen LogP contribution >= 0.6 is 23.2 Å². The molecule has 1 atom stereocenters. The summed E-state index contributed by atoms with van der Waals surface area (Å²) in [6, 6.07) is 16.7. The number of amides is 1. The molecule has 0 spiro atoms. The SMILES string of the molecule is O=C1Nc2cc(Cl)ccc2C1(Cc1cccc(Cl)c1)Nc1cccc(C(F)(F)F)c1. The highest BCUT2D eigenvalue weighted by molar-refractivity contribution is 6.31. The van der Waals surface area contributed by atoms with E-state index in [4.69, 9.17) is 23.2 Å². The first-order chi connectivity index (χ1) is 14.2. The number of alkyl halides is 3. The molecule has 3 aromatic rings. The molecule has 0 saturated carbocycles. The van der Waals surface area contributed by atoms with Gasteiger partial charge in [-0.2, -0.15) is 13.2 Å². The maximum Gasteiger partial charge on any atom is 0.416 e. The Labute approximate surface area is 180 Å². The van der Waals surface area contributed by atoms with E-state index < -0.39 is 23.2 Å². The number of rotatable bonds is 4. The van der Waals surface area contributed by atoms with Crippen molar-refractivity contribution in [3.63, 3.8) is 0 Å². The molecular weight excluding hydrogens is 436 g/mol. The van der Waals surface area contributed by atoms with Gasteiger partial charge in [-0.05, 0) is 48.0 Å². The number of carbonyl (C=O) groups excluding carboxylic acids is 1. The molecule has 0 fully saturated rings. The number of halogens is 5. The van der Waals surface area contributed by atoms with Gasteiger partial charge < -0.3 is 10.6 Å². The van der Waals surface area contributed by atoms with Crippen molar-refractivity contribution in [1.82, 2.24) is 0 Å². The van der Waals surface area contributed by atoms with E-state index >= 15 is 0 Å². The Bertz CT molecular complexity index is 1130. The van der Waals surface area contributed by atoms with Gasteiger partial charge in [-0.25, -0.2) is 0 Å². The van der Waals surface area contributed by atoms with Gasteiger partial charge in [-0.1, -0.05) is 47.5 Å². The molecule has 3 aromatic carbocycles. The molecule has 0 bridgehead atoms. The second kappa shape index (κ2) is 7.52. The number of hydrogen-bond donors (Lipinski definition) is 2. The minimum absolute atomic E-state index is 0.171. The van der Waals surface area contributed by atoms with Gasteiger partial charge in [0.05, 0.1) is 5.56 Å². The van der Waals surface area contributed by atoms with E-state index in [1.54, 1.807) is 36.4 Å². The fourth-order valence-corrected chi connectivity index (χ4v) is 4.04. The summed E-state index contributed by atoms with van der Waals surface area (Å²) in [5.74, 6) is -0.392. The lowest BCUT2D eigenvalue weighted by atomic mass is 9.84. The average molecular weight is 451 g/mol. The van der Waals surface area contributed by atoms with Crippen molar-refractivity contribution in [2.75, 3.05) is 10.6 Å². The minimum Gasteiger partial charge on any atom is -0.367 e. The summed E-state index contributed by atoms with van der Waals surface area (Å²) >= 11 is 12.2. The summed E-state index contributed by atoms with van der Waals surface area (Å²) in [6.45, 7) is 0. The van der Waals surface area contributed by atoms with Crippen LogP contribution < -0.4 is 10.6 Å². The zero-order chi connectivity index (χ0) is 21.5. The minimum atomic E-state index is -4.50. The number of anilines is 2. The van der Waals surface area contributed by atoms with E-state index in [1.807, 2.05) is 6.07 Å². The quantitative estimate of drug-likeness (QED) is 0.475. The van der Waals surface area contributed by atoms with Gasteiger partial charge in [0.15, 0.2) is 0 Å². The third-order valence-electron chi connectivity index (χ3n) is 4.98. The Morgan fingerprint density at radius 3 is 2.40 bits per heavy atom. The molecular formula is C22H15Cl2F3N2O. The van der Waals surface area contributed by atoms with Crippen LogP contribution in [0.1, 0.15) is 16.7 Å². The van der Waals surface area contributed by atoms with Gasteiger partial charge in [0.25, 0.3) is 5.91 Å². The van der Waals surface area contributed by atoms with Crippen LogP contribution in [0.4, 0.5) is 24.5 Å². The molecule has 0 radical (unpaired) electrons. The summed E-state index contributed by atoms with van der Waals surface area (Å²) < 4.78 is 39.6. The van der Waals surface area contributed by atoms with Crippen molar-refractivity contribution >= 4 is 40.5 Å². The number of fused-ring (bicyclic) bond motifs is 1. The highest BCUT2D eigenvalue weighted by atomic mass is 35.5.